The van der Waals surface area contributed by atoms with Gasteiger partial charge < -0.3 is 5.32 Å². The van der Waals surface area contributed by atoms with Crippen molar-refractivity contribution in [3.05, 3.63) is 0 Å². The standard InChI is InChI=1S/C16H32N2/c1-12(2)14-11-18(9-8-13-6-7-13)15(10-17-14)16(3,4)5/h12-15,17H,6-11H2,1-5H3. The van der Waals surface area contributed by atoms with Crippen LogP contribution < -0.4 is 5.32 Å². The first-order valence-corrected chi connectivity index (χ1v) is 7.85. The molecule has 2 heteroatoms. The molecule has 1 saturated carbocycles. The average Bonchev–Trinajstić information content (AvgIpc) is 3.08. The first kappa shape index (κ1) is 14.3. The third kappa shape index (κ3) is 3.71. The van der Waals surface area contributed by atoms with Crippen molar-refractivity contribution < 1.29 is 0 Å². The summed E-state index contributed by atoms with van der Waals surface area (Å²) in [7, 11) is 0. The zero-order chi connectivity index (χ0) is 13.3. The lowest BCUT2D eigenvalue weighted by atomic mass is 9.83. The van der Waals surface area contributed by atoms with E-state index in [-0.39, 0.29) is 0 Å². The molecule has 2 unspecified atom stereocenters. The van der Waals surface area contributed by atoms with Gasteiger partial charge >= 0.3 is 0 Å². The molecule has 1 N–H and O–H groups in total. The summed E-state index contributed by atoms with van der Waals surface area (Å²) in [4.78, 5) is 2.78. The van der Waals surface area contributed by atoms with Gasteiger partial charge in [0, 0.05) is 25.2 Å². The number of piperazine rings is 1. The maximum atomic E-state index is 3.77. The van der Waals surface area contributed by atoms with Crippen LogP contribution in [-0.4, -0.2) is 36.6 Å². The lowest BCUT2D eigenvalue weighted by Gasteiger charge is -2.47. The zero-order valence-electron chi connectivity index (χ0n) is 13.0. The smallest absolute Gasteiger partial charge is 0.0269 e. The van der Waals surface area contributed by atoms with E-state index < -0.39 is 0 Å². The van der Waals surface area contributed by atoms with Gasteiger partial charge in [0.25, 0.3) is 0 Å². The fourth-order valence-corrected chi connectivity index (χ4v) is 3.14. The number of hydrogen-bond acceptors (Lipinski definition) is 2. The Labute approximate surface area is 114 Å². The molecule has 0 spiro atoms. The summed E-state index contributed by atoms with van der Waals surface area (Å²) in [5.41, 5.74) is 0.387. The monoisotopic (exact) mass is 252 g/mol. The second-order valence-corrected chi connectivity index (χ2v) is 7.87. The molecule has 2 atom stereocenters. The number of nitrogens with one attached hydrogen (secondary N) is 1. The molecule has 0 aromatic heterocycles. The van der Waals surface area contributed by atoms with Gasteiger partial charge in [-0.05, 0) is 30.2 Å². The van der Waals surface area contributed by atoms with Crippen LogP contribution in [0, 0.1) is 17.3 Å². The molecule has 1 saturated heterocycles. The van der Waals surface area contributed by atoms with E-state index in [0.29, 0.717) is 17.5 Å². The van der Waals surface area contributed by atoms with Crippen LogP contribution in [0.1, 0.15) is 53.9 Å². The molecular weight excluding hydrogens is 220 g/mol. The molecule has 0 bridgehead atoms. The molecule has 0 radical (unpaired) electrons. The highest BCUT2D eigenvalue weighted by atomic mass is 15.2. The Bertz CT molecular complexity index is 263. The van der Waals surface area contributed by atoms with Crippen molar-refractivity contribution in [1.29, 1.82) is 0 Å². The van der Waals surface area contributed by atoms with Crippen molar-refractivity contribution in [3.8, 4) is 0 Å². The molecular formula is C16H32N2. The molecule has 18 heavy (non-hydrogen) atoms. The summed E-state index contributed by atoms with van der Waals surface area (Å²) < 4.78 is 0. The van der Waals surface area contributed by atoms with Gasteiger partial charge in [-0.25, -0.2) is 0 Å². The third-order valence-corrected chi connectivity index (χ3v) is 4.77. The van der Waals surface area contributed by atoms with E-state index in [2.05, 4.69) is 44.8 Å². The van der Waals surface area contributed by atoms with E-state index >= 15 is 0 Å². The van der Waals surface area contributed by atoms with Crippen LogP contribution in [0.2, 0.25) is 0 Å². The predicted molar refractivity (Wildman–Crippen MR) is 78.8 cm³/mol. The molecule has 1 heterocycles. The fourth-order valence-electron chi connectivity index (χ4n) is 3.14. The molecule has 106 valence electrons. The van der Waals surface area contributed by atoms with Gasteiger partial charge in [-0.3, -0.25) is 4.90 Å². The van der Waals surface area contributed by atoms with Gasteiger partial charge in [-0.2, -0.15) is 0 Å². The minimum Gasteiger partial charge on any atom is -0.311 e. The summed E-state index contributed by atoms with van der Waals surface area (Å²) in [5.74, 6) is 1.80. The first-order chi connectivity index (χ1) is 8.38. The summed E-state index contributed by atoms with van der Waals surface area (Å²) in [5, 5.41) is 3.77. The zero-order valence-corrected chi connectivity index (χ0v) is 13.0. The van der Waals surface area contributed by atoms with Crippen LogP contribution in [0.25, 0.3) is 0 Å². The van der Waals surface area contributed by atoms with Gasteiger partial charge in [0.1, 0.15) is 0 Å². The van der Waals surface area contributed by atoms with E-state index in [0.717, 1.165) is 18.4 Å². The van der Waals surface area contributed by atoms with E-state index in [1.807, 2.05) is 0 Å². The highest BCUT2D eigenvalue weighted by molar-refractivity contribution is 4.93. The number of rotatable bonds is 4. The van der Waals surface area contributed by atoms with Crippen molar-refractivity contribution in [2.45, 2.75) is 66.0 Å². The SMILES string of the molecule is CC(C)C1CN(CCC2CC2)C(C(C)(C)C)CN1. The molecule has 2 rings (SSSR count). The highest BCUT2D eigenvalue weighted by Crippen LogP contribution is 2.34. The normalized spacial score (nSPS) is 31.0. The van der Waals surface area contributed by atoms with E-state index in [4.69, 9.17) is 0 Å². The van der Waals surface area contributed by atoms with Crippen molar-refractivity contribution in [1.82, 2.24) is 10.2 Å². The second kappa shape index (κ2) is 5.50. The molecule has 2 aliphatic rings. The molecule has 0 aromatic carbocycles. The Morgan fingerprint density at radius 1 is 1.22 bits per heavy atom. The number of nitrogens with zero attached hydrogens (tertiary/aromatic N) is 1. The summed E-state index contributed by atoms with van der Waals surface area (Å²) in [6.45, 7) is 15.6. The molecule has 2 nitrogen and oxygen atoms in total. The Hall–Kier alpha value is -0.0800. The van der Waals surface area contributed by atoms with E-state index in [1.165, 1.54) is 32.4 Å². The van der Waals surface area contributed by atoms with Crippen molar-refractivity contribution in [3.63, 3.8) is 0 Å². The van der Waals surface area contributed by atoms with Crippen molar-refractivity contribution in [2.75, 3.05) is 19.6 Å². The Balaban J connectivity index is 1.95. The summed E-state index contributed by atoms with van der Waals surface area (Å²) >= 11 is 0. The maximum absolute atomic E-state index is 3.77. The van der Waals surface area contributed by atoms with Gasteiger partial charge in [0.2, 0.25) is 0 Å². The van der Waals surface area contributed by atoms with Crippen LogP contribution in [-0.2, 0) is 0 Å². The largest absolute Gasteiger partial charge is 0.311 e. The van der Waals surface area contributed by atoms with Gasteiger partial charge in [0.15, 0.2) is 0 Å². The average molecular weight is 252 g/mol. The van der Waals surface area contributed by atoms with E-state index in [1.54, 1.807) is 0 Å². The summed E-state index contributed by atoms with van der Waals surface area (Å²) in [6.07, 6.45) is 4.40. The maximum Gasteiger partial charge on any atom is 0.0269 e. The Morgan fingerprint density at radius 3 is 2.39 bits per heavy atom. The Kier molecular flexibility index (Phi) is 4.38. The molecule has 0 amide bonds. The minimum absolute atomic E-state index is 0.387. The lowest BCUT2D eigenvalue weighted by Crippen LogP contribution is -2.61. The Morgan fingerprint density at radius 2 is 1.89 bits per heavy atom. The van der Waals surface area contributed by atoms with Crippen molar-refractivity contribution in [2.24, 2.45) is 17.3 Å². The molecule has 0 aromatic rings. The van der Waals surface area contributed by atoms with Gasteiger partial charge in [0.05, 0.1) is 0 Å². The van der Waals surface area contributed by atoms with Gasteiger partial charge in [-0.1, -0.05) is 47.5 Å². The highest BCUT2D eigenvalue weighted by Gasteiger charge is 2.36. The molecule has 2 fully saturated rings. The molecule has 1 aliphatic heterocycles. The quantitative estimate of drug-likeness (QED) is 0.827. The van der Waals surface area contributed by atoms with Crippen LogP contribution in [0.5, 0.6) is 0 Å². The van der Waals surface area contributed by atoms with Crippen molar-refractivity contribution >= 4 is 0 Å². The second-order valence-electron chi connectivity index (χ2n) is 7.87. The third-order valence-electron chi connectivity index (χ3n) is 4.77. The summed E-state index contributed by atoms with van der Waals surface area (Å²) in [6, 6.07) is 1.38. The predicted octanol–water partition coefficient (Wildman–Crippen LogP) is 3.13. The molecule has 1 aliphatic carbocycles. The fraction of sp³-hybridized carbons (Fsp3) is 1.00. The topological polar surface area (TPSA) is 15.3 Å². The van der Waals surface area contributed by atoms with Crippen LogP contribution in [0.3, 0.4) is 0 Å². The van der Waals surface area contributed by atoms with E-state index in [9.17, 15) is 0 Å². The first-order valence-electron chi connectivity index (χ1n) is 7.85. The van der Waals surface area contributed by atoms with Gasteiger partial charge in [-0.15, -0.1) is 0 Å². The van der Waals surface area contributed by atoms with Crippen LogP contribution in [0.15, 0.2) is 0 Å². The van der Waals surface area contributed by atoms with Crippen LogP contribution >= 0.6 is 0 Å². The number of hydrogen-bond donors (Lipinski definition) is 1. The van der Waals surface area contributed by atoms with Crippen LogP contribution in [0.4, 0.5) is 0 Å². The lowest BCUT2D eigenvalue weighted by molar-refractivity contribution is 0.0443. The minimum atomic E-state index is 0.387.